The number of benzene rings is 2. The smallest absolute Gasteiger partial charge is 0.0878 e. The van der Waals surface area contributed by atoms with Gasteiger partial charge < -0.3 is 4.57 Å². The standard InChI is InChI=1S/C15H13N2.Y/c1-11-7-9-12(10-8-11)15-16-13-5-3-4-6-14(13)17(15)2;/h3-7,9-10H,1-2H3;/q-1;. The van der Waals surface area contributed by atoms with Crippen molar-refractivity contribution in [2.75, 3.05) is 0 Å². The third-order valence-corrected chi connectivity index (χ3v) is 3.01. The largest absolute Gasteiger partial charge is 0.337 e. The molecule has 18 heavy (non-hydrogen) atoms. The Labute approximate surface area is 132 Å². The average molecular weight is 310 g/mol. The zero-order chi connectivity index (χ0) is 11.8. The van der Waals surface area contributed by atoms with Crippen molar-refractivity contribution >= 4 is 11.0 Å². The molecule has 1 radical (unpaired) electrons. The molecule has 0 aliphatic rings. The van der Waals surface area contributed by atoms with Gasteiger partial charge in [-0.1, -0.05) is 24.6 Å². The van der Waals surface area contributed by atoms with E-state index in [0.717, 1.165) is 28.0 Å². The fraction of sp³-hybridized carbons (Fsp3) is 0.133. The van der Waals surface area contributed by atoms with Gasteiger partial charge in [-0.3, -0.25) is 0 Å². The van der Waals surface area contributed by atoms with Crippen LogP contribution in [0.3, 0.4) is 0 Å². The summed E-state index contributed by atoms with van der Waals surface area (Å²) in [5.41, 5.74) is 4.44. The molecule has 0 saturated carbocycles. The molecule has 0 aliphatic heterocycles. The van der Waals surface area contributed by atoms with Gasteiger partial charge in [0.05, 0.1) is 16.9 Å². The number of imidazole rings is 1. The number of hydrogen-bond donors (Lipinski definition) is 0. The van der Waals surface area contributed by atoms with Gasteiger partial charge in [-0.05, 0) is 12.1 Å². The summed E-state index contributed by atoms with van der Waals surface area (Å²) in [4.78, 5) is 4.66. The van der Waals surface area contributed by atoms with Crippen LogP contribution in [0, 0.1) is 13.0 Å². The molecule has 3 rings (SSSR count). The van der Waals surface area contributed by atoms with Gasteiger partial charge in [0.2, 0.25) is 0 Å². The van der Waals surface area contributed by atoms with Crippen molar-refractivity contribution < 1.29 is 32.7 Å². The molecule has 0 saturated heterocycles. The maximum atomic E-state index is 4.66. The first-order chi connectivity index (χ1) is 8.25. The van der Waals surface area contributed by atoms with Gasteiger partial charge in [0.15, 0.2) is 0 Å². The van der Waals surface area contributed by atoms with E-state index in [0.29, 0.717) is 0 Å². The van der Waals surface area contributed by atoms with Crippen LogP contribution in [0.4, 0.5) is 0 Å². The molecular weight excluding hydrogens is 297 g/mol. The molecule has 0 N–H and O–H groups in total. The van der Waals surface area contributed by atoms with E-state index < -0.39 is 0 Å². The predicted molar refractivity (Wildman–Crippen MR) is 69.7 cm³/mol. The van der Waals surface area contributed by atoms with Crippen LogP contribution >= 0.6 is 0 Å². The topological polar surface area (TPSA) is 17.8 Å². The Hall–Kier alpha value is -0.986. The van der Waals surface area contributed by atoms with E-state index in [-0.39, 0.29) is 32.7 Å². The van der Waals surface area contributed by atoms with Crippen LogP contribution in [-0.4, -0.2) is 9.55 Å². The van der Waals surface area contributed by atoms with E-state index >= 15 is 0 Å². The molecule has 3 heteroatoms. The van der Waals surface area contributed by atoms with Gasteiger partial charge in [-0.25, -0.2) is 4.98 Å². The minimum absolute atomic E-state index is 0. The van der Waals surface area contributed by atoms with Crippen molar-refractivity contribution in [1.29, 1.82) is 0 Å². The maximum absolute atomic E-state index is 4.66. The first-order valence-corrected chi connectivity index (χ1v) is 5.66. The molecule has 2 aromatic carbocycles. The first kappa shape index (κ1) is 13.4. The quantitative estimate of drug-likeness (QED) is 0.630. The molecule has 3 aromatic rings. The normalized spacial score (nSPS) is 10.3. The first-order valence-electron chi connectivity index (χ1n) is 5.66. The summed E-state index contributed by atoms with van der Waals surface area (Å²) < 4.78 is 2.12. The fourth-order valence-electron chi connectivity index (χ4n) is 2.05. The molecule has 0 aliphatic carbocycles. The monoisotopic (exact) mass is 310 g/mol. The maximum Gasteiger partial charge on any atom is 0.0878 e. The van der Waals surface area contributed by atoms with Gasteiger partial charge in [0.1, 0.15) is 0 Å². The van der Waals surface area contributed by atoms with E-state index in [1.165, 1.54) is 0 Å². The van der Waals surface area contributed by atoms with Crippen LogP contribution in [0.15, 0.2) is 42.5 Å². The summed E-state index contributed by atoms with van der Waals surface area (Å²) in [5.74, 6) is 0.988. The van der Waals surface area contributed by atoms with Crippen molar-refractivity contribution in [3.8, 4) is 11.4 Å². The molecule has 2 nitrogen and oxygen atoms in total. The Morgan fingerprint density at radius 2 is 1.89 bits per heavy atom. The van der Waals surface area contributed by atoms with E-state index in [4.69, 9.17) is 0 Å². The Morgan fingerprint density at radius 3 is 2.56 bits per heavy atom. The van der Waals surface area contributed by atoms with Crippen LogP contribution in [0.25, 0.3) is 22.4 Å². The van der Waals surface area contributed by atoms with Crippen LogP contribution in [0.2, 0.25) is 0 Å². The number of nitrogens with zero attached hydrogens (tertiary/aromatic N) is 2. The molecule has 0 bridgehead atoms. The molecule has 0 spiro atoms. The number of hydrogen-bond acceptors (Lipinski definition) is 1. The van der Waals surface area contributed by atoms with Gasteiger partial charge in [-0.2, -0.15) is 29.8 Å². The predicted octanol–water partition coefficient (Wildman–Crippen LogP) is 3.35. The molecule has 1 aromatic heterocycles. The summed E-state index contributed by atoms with van der Waals surface area (Å²) >= 11 is 0. The van der Waals surface area contributed by atoms with Crippen LogP contribution in [-0.2, 0) is 39.8 Å². The average Bonchev–Trinajstić information content (AvgIpc) is 2.69. The van der Waals surface area contributed by atoms with Crippen molar-refractivity contribution in [2.45, 2.75) is 6.92 Å². The molecule has 0 amide bonds. The number of para-hydroxylation sites is 2. The minimum atomic E-state index is 0. The molecule has 1 heterocycles. The summed E-state index contributed by atoms with van der Waals surface area (Å²) in [6.45, 7) is 2.04. The number of aromatic nitrogens is 2. The third kappa shape index (κ3) is 2.27. The van der Waals surface area contributed by atoms with Crippen molar-refractivity contribution in [3.05, 3.63) is 54.1 Å². The zero-order valence-corrected chi connectivity index (χ0v) is 13.4. The minimum Gasteiger partial charge on any atom is -0.337 e. The summed E-state index contributed by atoms with van der Waals surface area (Å²) in [5, 5.41) is 0. The molecule has 0 fully saturated rings. The second-order valence-electron chi connectivity index (χ2n) is 4.24. The Bertz CT molecular complexity index is 669. The number of aryl methyl sites for hydroxylation is 2. The van der Waals surface area contributed by atoms with Gasteiger partial charge in [0, 0.05) is 39.8 Å². The van der Waals surface area contributed by atoms with Crippen molar-refractivity contribution in [1.82, 2.24) is 9.55 Å². The Balaban J connectivity index is 0.00000120. The summed E-state index contributed by atoms with van der Waals surface area (Å²) in [7, 11) is 2.05. The summed E-state index contributed by atoms with van der Waals surface area (Å²) in [6, 6.07) is 17.5. The van der Waals surface area contributed by atoms with Gasteiger partial charge >= 0.3 is 0 Å². The third-order valence-electron chi connectivity index (χ3n) is 3.01. The van der Waals surface area contributed by atoms with E-state index in [1.54, 1.807) is 0 Å². The van der Waals surface area contributed by atoms with Crippen LogP contribution < -0.4 is 0 Å². The Morgan fingerprint density at radius 1 is 1.11 bits per heavy atom. The number of fused-ring (bicyclic) bond motifs is 1. The Kier molecular flexibility index (Phi) is 3.98. The second kappa shape index (κ2) is 5.33. The fourth-order valence-corrected chi connectivity index (χ4v) is 2.05. The van der Waals surface area contributed by atoms with Crippen LogP contribution in [0.1, 0.15) is 5.56 Å². The zero-order valence-electron chi connectivity index (χ0n) is 10.5. The molecule has 0 unspecified atom stereocenters. The molecule has 87 valence electrons. The van der Waals surface area contributed by atoms with E-state index in [9.17, 15) is 0 Å². The SMILES string of the molecule is Cc1[c-]cc(-c2nc3ccccc3n2C)cc1.[Y]. The molecule has 0 atom stereocenters. The molecular formula is C15H13N2Y-. The van der Waals surface area contributed by atoms with E-state index in [2.05, 4.69) is 33.8 Å². The summed E-state index contributed by atoms with van der Waals surface area (Å²) in [6.07, 6.45) is 0. The van der Waals surface area contributed by atoms with Crippen molar-refractivity contribution in [2.24, 2.45) is 7.05 Å². The number of rotatable bonds is 1. The van der Waals surface area contributed by atoms with E-state index in [1.807, 2.05) is 38.2 Å². The second-order valence-corrected chi connectivity index (χ2v) is 4.24. The van der Waals surface area contributed by atoms with Gasteiger partial charge in [-0.15, -0.1) is 0 Å². The van der Waals surface area contributed by atoms with Gasteiger partial charge in [0.25, 0.3) is 0 Å². The van der Waals surface area contributed by atoms with Crippen LogP contribution in [0.5, 0.6) is 0 Å². The van der Waals surface area contributed by atoms with Crippen molar-refractivity contribution in [3.63, 3.8) is 0 Å².